The number of halogens is 2. The van der Waals surface area contributed by atoms with E-state index in [2.05, 4.69) is 5.32 Å². The zero-order chi connectivity index (χ0) is 27.3. The number of benzene rings is 4. The number of hydrogen-bond acceptors (Lipinski definition) is 5. The van der Waals surface area contributed by atoms with Gasteiger partial charge in [-0.2, -0.15) is 0 Å². The van der Waals surface area contributed by atoms with E-state index in [1.165, 1.54) is 31.4 Å². The number of carbonyl (C=O) groups excluding carboxylic acids is 1. The monoisotopic (exact) mass is 570 g/mol. The molecule has 1 N–H and O–H groups in total. The number of ether oxygens (including phenoxy) is 2. The van der Waals surface area contributed by atoms with Crippen LogP contribution in [0.25, 0.3) is 0 Å². The fourth-order valence-electron chi connectivity index (χ4n) is 3.61. The minimum absolute atomic E-state index is 0.0406. The van der Waals surface area contributed by atoms with Crippen molar-refractivity contribution >= 4 is 50.5 Å². The maximum absolute atomic E-state index is 13.6. The quantitative estimate of drug-likeness (QED) is 0.235. The highest BCUT2D eigenvalue weighted by atomic mass is 35.5. The molecule has 0 bridgehead atoms. The van der Waals surface area contributed by atoms with Crippen LogP contribution in [0.2, 0.25) is 10.0 Å². The molecule has 38 heavy (non-hydrogen) atoms. The number of rotatable bonds is 9. The van der Waals surface area contributed by atoms with Crippen LogP contribution in [-0.4, -0.2) is 28.0 Å². The van der Waals surface area contributed by atoms with Crippen LogP contribution in [0.4, 0.5) is 11.4 Å². The van der Waals surface area contributed by atoms with Crippen LogP contribution in [0.3, 0.4) is 0 Å². The number of methoxy groups -OCH3 is 1. The molecule has 1 amide bonds. The van der Waals surface area contributed by atoms with E-state index in [0.29, 0.717) is 27.3 Å². The van der Waals surface area contributed by atoms with Gasteiger partial charge in [0.15, 0.2) is 17.2 Å². The van der Waals surface area contributed by atoms with Gasteiger partial charge in [-0.05, 0) is 67.6 Å². The van der Waals surface area contributed by atoms with Crippen molar-refractivity contribution in [2.75, 3.05) is 23.3 Å². The van der Waals surface area contributed by atoms with Gasteiger partial charge in [0, 0.05) is 10.0 Å². The molecule has 0 atom stereocenters. The first-order chi connectivity index (χ1) is 18.2. The van der Waals surface area contributed by atoms with Crippen LogP contribution in [0.5, 0.6) is 17.2 Å². The Morgan fingerprint density at radius 2 is 1.53 bits per heavy atom. The van der Waals surface area contributed by atoms with Gasteiger partial charge in [0.1, 0.15) is 6.54 Å². The summed E-state index contributed by atoms with van der Waals surface area (Å²) in [5, 5.41) is 3.41. The van der Waals surface area contributed by atoms with Gasteiger partial charge >= 0.3 is 0 Å². The highest BCUT2D eigenvalue weighted by molar-refractivity contribution is 7.92. The second-order valence-electron chi connectivity index (χ2n) is 8.25. The summed E-state index contributed by atoms with van der Waals surface area (Å²) in [7, 11) is -2.59. The fourth-order valence-corrected chi connectivity index (χ4v) is 5.38. The number of sulfonamides is 1. The smallest absolute Gasteiger partial charge is 0.264 e. The second kappa shape index (κ2) is 11.8. The average molecular weight is 571 g/mol. The summed E-state index contributed by atoms with van der Waals surface area (Å²) >= 11 is 12.3. The normalized spacial score (nSPS) is 11.1. The number of para-hydroxylation sites is 2. The van der Waals surface area contributed by atoms with Crippen molar-refractivity contribution < 1.29 is 22.7 Å². The van der Waals surface area contributed by atoms with Crippen molar-refractivity contribution in [2.45, 2.75) is 11.8 Å². The van der Waals surface area contributed by atoms with Gasteiger partial charge in [0.2, 0.25) is 5.91 Å². The first-order valence-corrected chi connectivity index (χ1v) is 13.6. The molecular formula is C28H24Cl2N2O5S. The van der Waals surface area contributed by atoms with E-state index in [-0.39, 0.29) is 16.3 Å². The van der Waals surface area contributed by atoms with E-state index in [9.17, 15) is 13.2 Å². The van der Waals surface area contributed by atoms with Crippen molar-refractivity contribution in [1.82, 2.24) is 0 Å². The Labute approximate surface area is 231 Å². The Balaban J connectivity index is 1.65. The van der Waals surface area contributed by atoms with E-state index in [1.807, 2.05) is 6.92 Å². The SMILES string of the molecule is COc1ccccc1Oc1ccc(Cl)cc1NC(=O)CN(c1cccc(Cl)c1)S(=O)(=O)c1ccc(C)cc1. The maximum atomic E-state index is 13.6. The van der Waals surface area contributed by atoms with Crippen LogP contribution in [0, 0.1) is 6.92 Å². The van der Waals surface area contributed by atoms with E-state index < -0.39 is 22.5 Å². The minimum atomic E-state index is -4.11. The lowest BCUT2D eigenvalue weighted by Gasteiger charge is -2.24. The molecule has 0 heterocycles. The summed E-state index contributed by atoms with van der Waals surface area (Å²) < 4.78 is 39.6. The summed E-state index contributed by atoms with van der Waals surface area (Å²) in [6.45, 7) is 1.32. The zero-order valence-electron chi connectivity index (χ0n) is 20.5. The van der Waals surface area contributed by atoms with Crippen molar-refractivity contribution in [3.05, 3.63) is 107 Å². The van der Waals surface area contributed by atoms with Gasteiger partial charge in [-0.15, -0.1) is 0 Å². The molecule has 4 rings (SSSR count). The summed E-state index contributed by atoms with van der Waals surface area (Å²) in [5.74, 6) is 0.599. The van der Waals surface area contributed by atoms with Crippen molar-refractivity contribution in [2.24, 2.45) is 0 Å². The standard InChI is InChI=1S/C28H24Cl2N2O5S/c1-19-10-13-23(14-11-19)38(34,35)32(22-7-5-6-20(29)16-22)18-28(33)31-24-17-21(30)12-15-25(24)37-27-9-4-3-8-26(27)36-2/h3-17H,18H2,1-2H3,(H,31,33). The molecule has 0 radical (unpaired) electrons. The molecule has 4 aromatic rings. The van der Waals surface area contributed by atoms with E-state index in [0.717, 1.165) is 9.87 Å². The first-order valence-electron chi connectivity index (χ1n) is 11.4. The number of aryl methyl sites for hydroxylation is 1. The average Bonchev–Trinajstić information content (AvgIpc) is 2.89. The lowest BCUT2D eigenvalue weighted by molar-refractivity contribution is -0.114. The molecule has 0 saturated heterocycles. The van der Waals surface area contributed by atoms with Crippen LogP contribution < -0.4 is 19.1 Å². The highest BCUT2D eigenvalue weighted by Crippen LogP contribution is 2.36. The maximum Gasteiger partial charge on any atom is 0.264 e. The molecule has 0 aliphatic heterocycles. The number of nitrogens with zero attached hydrogens (tertiary/aromatic N) is 1. The van der Waals surface area contributed by atoms with Crippen LogP contribution in [0.1, 0.15) is 5.56 Å². The number of nitrogens with one attached hydrogen (secondary N) is 1. The van der Waals surface area contributed by atoms with Gasteiger partial charge < -0.3 is 14.8 Å². The predicted octanol–water partition coefficient (Wildman–Crippen LogP) is 6.94. The number of carbonyl (C=O) groups is 1. The Morgan fingerprint density at radius 1 is 0.842 bits per heavy atom. The van der Waals surface area contributed by atoms with E-state index in [4.69, 9.17) is 32.7 Å². The molecule has 196 valence electrons. The summed E-state index contributed by atoms with van der Waals surface area (Å²) in [6.07, 6.45) is 0. The third-order valence-corrected chi connectivity index (χ3v) is 7.76. The first kappa shape index (κ1) is 27.3. The summed E-state index contributed by atoms with van der Waals surface area (Å²) in [4.78, 5) is 13.3. The van der Waals surface area contributed by atoms with Crippen LogP contribution in [0.15, 0.2) is 95.9 Å². The molecule has 10 heteroatoms. The van der Waals surface area contributed by atoms with Gasteiger partial charge in [0.05, 0.1) is 23.4 Å². The molecule has 0 unspecified atom stereocenters. The van der Waals surface area contributed by atoms with Gasteiger partial charge in [0.25, 0.3) is 10.0 Å². The topological polar surface area (TPSA) is 84.9 Å². The van der Waals surface area contributed by atoms with E-state index >= 15 is 0 Å². The number of amides is 1. The molecule has 0 aromatic heterocycles. The molecule has 7 nitrogen and oxygen atoms in total. The molecule has 0 aliphatic rings. The lowest BCUT2D eigenvalue weighted by atomic mass is 10.2. The number of anilines is 2. The van der Waals surface area contributed by atoms with Crippen molar-refractivity contribution in [3.8, 4) is 17.2 Å². The highest BCUT2D eigenvalue weighted by Gasteiger charge is 2.28. The lowest BCUT2D eigenvalue weighted by Crippen LogP contribution is -2.38. The summed E-state index contributed by atoms with van der Waals surface area (Å²) in [5.41, 5.74) is 1.40. The molecule has 0 aliphatic carbocycles. The predicted molar refractivity (Wildman–Crippen MR) is 150 cm³/mol. The minimum Gasteiger partial charge on any atom is -0.493 e. The Bertz CT molecular complexity index is 1560. The Morgan fingerprint density at radius 3 is 2.21 bits per heavy atom. The fraction of sp³-hybridized carbons (Fsp3) is 0.107. The molecule has 0 fully saturated rings. The summed E-state index contributed by atoms with van der Waals surface area (Å²) in [6, 6.07) is 24.4. The van der Waals surface area contributed by atoms with Crippen LogP contribution >= 0.6 is 23.2 Å². The second-order valence-corrected chi connectivity index (χ2v) is 11.0. The van der Waals surface area contributed by atoms with Crippen molar-refractivity contribution in [1.29, 1.82) is 0 Å². The van der Waals surface area contributed by atoms with Gasteiger partial charge in [-0.3, -0.25) is 9.10 Å². The van der Waals surface area contributed by atoms with Crippen molar-refractivity contribution in [3.63, 3.8) is 0 Å². The molecular weight excluding hydrogens is 547 g/mol. The Hall–Kier alpha value is -3.72. The Kier molecular flexibility index (Phi) is 8.46. The number of hydrogen-bond donors (Lipinski definition) is 1. The largest absolute Gasteiger partial charge is 0.493 e. The molecule has 4 aromatic carbocycles. The van der Waals surface area contributed by atoms with E-state index in [1.54, 1.807) is 66.7 Å². The zero-order valence-corrected chi connectivity index (χ0v) is 22.8. The third kappa shape index (κ3) is 6.39. The van der Waals surface area contributed by atoms with Crippen LogP contribution in [-0.2, 0) is 14.8 Å². The van der Waals surface area contributed by atoms with Gasteiger partial charge in [-0.25, -0.2) is 8.42 Å². The van der Waals surface area contributed by atoms with Gasteiger partial charge in [-0.1, -0.05) is 59.1 Å². The molecule has 0 spiro atoms. The third-order valence-electron chi connectivity index (χ3n) is 5.50. The molecule has 0 saturated carbocycles.